The van der Waals surface area contributed by atoms with Crippen LogP contribution in [0.3, 0.4) is 0 Å². The van der Waals surface area contributed by atoms with Gasteiger partial charge in [-0.1, -0.05) is 17.7 Å². The fourth-order valence-electron chi connectivity index (χ4n) is 2.02. The van der Waals surface area contributed by atoms with E-state index in [9.17, 15) is 13.2 Å². The zero-order valence-corrected chi connectivity index (χ0v) is 14.9. The number of nitrogens with zero attached hydrogens (tertiary/aromatic N) is 2. The Morgan fingerprint density at radius 3 is 2.54 bits per heavy atom. The minimum Gasteiger partial charge on any atom is -0.349 e. The molecule has 0 atom stereocenters. The van der Waals surface area contributed by atoms with Gasteiger partial charge in [0.2, 0.25) is 15.9 Å². The van der Waals surface area contributed by atoms with E-state index in [1.165, 1.54) is 31.3 Å². The van der Waals surface area contributed by atoms with Gasteiger partial charge in [-0.25, -0.2) is 8.42 Å². The van der Waals surface area contributed by atoms with E-state index in [4.69, 9.17) is 11.6 Å². The van der Waals surface area contributed by atoms with Gasteiger partial charge in [-0.3, -0.25) is 9.78 Å². The molecule has 6 nitrogen and oxygen atoms in total. The molecule has 2 rings (SSSR count). The molecule has 128 valence electrons. The van der Waals surface area contributed by atoms with Crippen LogP contribution in [0.15, 0.2) is 47.5 Å². The highest BCUT2D eigenvalue weighted by Gasteiger charge is 2.22. The van der Waals surface area contributed by atoms with Crippen LogP contribution in [-0.2, 0) is 21.4 Å². The van der Waals surface area contributed by atoms with E-state index < -0.39 is 15.9 Å². The third-order valence-corrected chi connectivity index (χ3v) is 5.53. The first kappa shape index (κ1) is 18.4. The number of hydrogen-bond donors (Lipinski definition) is 1. The van der Waals surface area contributed by atoms with Gasteiger partial charge in [0.15, 0.2) is 0 Å². The molecule has 0 fully saturated rings. The first-order valence-corrected chi connectivity index (χ1v) is 9.01. The van der Waals surface area contributed by atoms with Gasteiger partial charge in [0.05, 0.1) is 23.7 Å². The lowest BCUT2D eigenvalue weighted by Gasteiger charge is -2.17. The number of hydrogen-bond acceptors (Lipinski definition) is 4. The van der Waals surface area contributed by atoms with Crippen molar-refractivity contribution in [2.24, 2.45) is 0 Å². The van der Waals surface area contributed by atoms with Crippen LogP contribution in [0, 0.1) is 6.92 Å². The van der Waals surface area contributed by atoms with E-state index in [1.807, 2.05) is 19.1 Å². The summed E-state index contributed by atoms with van der Waals surface area (Å²) in [5.74, 6) is -0.403. The largest absolute Gasteiger partial charge is 0.349 e. The second kappa shape index (κ2) is 7.74. The summed E-state index contributed by atoms with van der Waals surface area (Å²) in [4.78, 5) is 16.3. The van der Waals surface area contributed by atoms with Gasteiger partial charge < -0.3 is 5.32 Å². The number of likely N-dealkylation sites (N-methyl/N-ethyl adjacent to an activating group) is 1. The summed E-state index contributed by atoms with van der Waals surface area (Å²) in [5, 5.41) is 3.12. The summed E-state index contributed by atoms with van der Waals surface area (Å²) in [7, 11) is -2.39. The molecule has 1 heterocycles. The molecule has 1 aromatic carbocycles. The van der Waals surface area contributed by atoms with E-state index in [1.54, 1.807) is 6.20 Å². The van der Waals surface area contributed by atoms with Crippen molar-refractivity contribution >= 4 is 27.5 Å². The first-order chi connectivity index (χ1) is 11.3. The van der Waals surface area contributed by atoms with Gasteiger partial charge in [0.1, 0.15) is 0 Å². The Labute approximate surface area is 146 Å². The van der Waals surface area contributed by atoms with Gasteiger partial charge in [0, 0.05) is 18.3 Å². The maximum absolute atomic E-state index is 12.4. The quantitative estimate of drug-likeness (QED) is 0.846. The first-order valence-electron chi connectivity index (χ1n) is 7.20. The number of aryl methyl sites for hydroxylation is 1. The number of sulfonamides is 1. The maximum atomic E-state index is 12.4. The maximum Gasteiger partial charge on any atom is 0.243 e. The topological polar surface area (TPSA) is 79.4 Å². The van der Waals surface area contributed by atoms with E-state index in [0.29, 0.717) is 5.02 Å². The Hall–Kier alpha value is -1.96. The zero-order valence-electron chi connectivity index (χ0n) is 13.4. The molecule has 1 amide bonds. The normalized spacial score (nSPS) is 11.5. The predicted octanol–water partition coefficient (Wildman–Crippen LogP) is 1.98. The summed E-state index contributed by atoms with van der Waals surface area (Å²) in [5.41, 5.74) is 1.70. The highest BCUT2D eigenvalue weighted by Crippen LogP contribution is 2.17. The van der Waals surface area contributed by atoms with Crippen LogP contribution in [0.1, 0.15) is 11.3 Å². The van der Waals surface area contributed by atoms with Crippen LogP contribution < -0.4 is 5.32 Å². The number of carbonyl (C=O) groups is 1. The Balaban J connectivity index is 1.98. The average molecular weight is 368 g/mol. The van der Waals surface area contributed by atoms with Crippen molar-refractivity contribution in [2.45, 2.75) is 18.4 Å². The van der Waals surface area contributed by atoms with Crippen molar-refractivity contribution in [3.05, 3.63) is 58.9 Å². The van der Waals surface area contributed by atoms with Crippen molar-refractivity contribution in [3.8, 4) is 0 Å². The van der Waals surface area contributed by atoms with Crippen LogP contribution in [0.5, 0.6) is 0 Å². The van der Waals surface area contributed by atoms with E-state index in [2.05, 4.69) is 10.3 Å². The standard InChI is InChI=1S/C16H18ClN3O3S/c1-12-4-3-9-18-15(12)10-19-16(21)11-20(2)24(22,23)14-7-5-13(17)6-8-14/h3-9H,10-11H2,1-2H3,(H,19,21). The third kappa shape index (κ3) is 4.53. The second-order valence-electron chi connectivity index (χ2n) is 5.26. The predicted molar refractivity (Wildman–Crippen MR) is 92.1 cm³/mol. The molecule has 8 heteroatoms. The molecule has 0 aliphatic heterocycles. The van der Waals surface area contributed by atoms with Gasteiger partial charge in [-0.05, 0) is 42.8 Å². The molecule has 0 unspecified atom stereocenters. The third-order valence-electron chi connectivity index (χ3n) is 3.46. The van der Waals surface area contributed by atoms with Crippen molar-refractivity contribution in [1.29, 1.82) is 0 Å². The number of halogens is 1. The van der Waals surface area contributed by atoms with Crippen LogP contribution in [0.2, 0.25) is 5.02 Å². The summed E-state index contributed by atoms with van der Waals surface area (Å²) < 4.78 is 25.8. The Bertz CT molecular complexity index is 823. The SMILES string of the molecule is Cc1cccnc1CNC(=O)CN(C)S(=O)(=O)c1ccc(Cl)cc1. The van der Waals surface area contributed by atoms with Gasteiger partial charge >= 0.3 is 0 Å². The molecule has 0 aliphatic rings. The number of carbonyl (C=O) groups excluding carboxylic acids is 1. The molecular formula is C16H18ClN3O3S. The minimum absolute atomic E-state index is 0.0859. The molecule has 0 saturated heterocycles. The van der Waals surface area contributed by atoms with Gasteiger partial charge in [-0.15, -0.1) is 0 Å². The van der Waals surface area contributed by atoms with Crippen LogP contribution >= 0.6 is 11.6 Å². The van der Waals surface area contributed by atoms with Crippen molar-refractivity contribution < 1.29 is 13.2 Å². The molecule has 0 saturated carbocycles. The summed E-state index contributed by atoms with van der Waals surface area (Å²) >= 11 is 5.76. The number of rotatable bonds is 6. The fraction of sp³-hybridized carbons (Fsp3) is 0.250. The monoisotopic (exact) mass is 367 g/mol. The number of nitrogens with one attached hydrogen (secondary N) is 1. The van der Waals surface area contributed by atoms with Gasteiger partial charge in [-0.2, -0.15) is 4.31 Å². The van der Waals surface area contributed by atoms with E-state index >= 15 is 0 Å². The molecule has 0 radical (unpaired) electrons. The van der Waals surface area contributed by atoms with Crippen LogP contribution in [0.25, 0.3) is 0 Å². The molecule has 0 bridgehead atoms. The highest BCUT2D eigenvalue weighted by molar-refractivity contribution is 7.89. The number of aromatic nitrogens is 1. The Morgan fingerprint density at radius 2 is 1.92 bits per heavy atom. The molecular weight excluding hydrogens is 350 g/mol. The number of pyridine rings is 1. The van der Waals surface area contributed by atoms with Crippen LogP contribution in [0.4, 0.5) is 0 Å². The lowest BCUT2D eigenvalue weighted by molar-refractivity contribution is -0.121. The van der Waals surface area contributed by atoms with E-state index in [0.717, 1.165) is 15.6 Å². The van der Waals surface area contributed by atoms with Gasteiger partial charge in [0.25, 0.3) is 0 Å². The Kier molecular flexibility index (Phi) is 5.93. The number of benzene rings is 1. The van der Waals surface area contributed by atoms with Crippen molar-refractivity contribution in [3.63, 3.8) is 0 Å². The zero-order chi connectivity index (χ0) is 17.7. The van der Waals surface area contributed by atoms with Crippen molar-refractivity contribution in [1.82, 2.24) is 14.6 Å². The summed E-state index contributed by atoms with van der Waals surface area (Å²) in [6, 6.07) is 9.50. The molecule has 24 heavy (non-hydrogen) atoms. The highest BCUT2D eigenvalue weighted by atomic mass is 35.5. The lowest BCUT2D eigenvalue weighted by Crippen LogP contribution is -2.38. The van der Waals surface area contributed by atoms with Crippen molar-refractivity contribution in [2.75, 3.05) is 13.6 Å². The summed E-state index contributed by atoms with van der Waals surface area (Å²) in [6.45, 7) is 1.86. The Morgan fingerprint density at radius 1 is 1.25 bits per heavy atom. The van der Waals surface area contributed by atoms with Crippen LogP contribution in [-0.4, -0.2) is 37.2 Å². The second-order valence-corrected chi connectivity index (χ2v) is 7.74. The molecule has 2 aromatic rings. The molecule has 0 spiro atoms. The molecule has 1 N–H and O–H groups in total. The molecule has 1 aromatic heterocycles. The number of amides is 1. The summed E-state index contributed by atoms with van der Waals surface area (Å²) in [6.07, 6.45) is 1.64. The molecule has 0 aliphatic carbocycles. The van der Waals surface area contributed by atoms with E-state index in [-0.39, 0.29) is 18.0 Å². The minimum atomic E-state index is -3.74. The average Bonchev–Trinajstić information content (AvgIpc) is 2.54. The fourth-order valence-corrected chi connectivity index (χ4v) is 3.27. The lowest BCUT2D eigenvalue weighted by atomic mass is 10.2. The smallest absolute Gasteiger partial charge is 0.243 e.